The zero-order valence-corrected chi connectivity index (χ0v) is 16.1. The fourth-order valence-corrected chi connectivity index (χ4v) is 3.21. The van der Waals surface area contributed by atoms with Gasteiger partial charge in [0.05, 0.1) is 16.1 Å². The molecule has 1 N–H and O–H groups in total. The third-order valence-electron chi connectivity index (χ3n) is 5.02. The van der Waals surface area contributed by atoms with Crippen LogP contribution in [0, 0.1) is 10.1 Å². The lowest BCUT2D eigenvalue weighted by molar-refractivity contribution is -0.384. The van der Waals surface area contributed by atoms with Crippen molar-refractivity contribution < 1.29 is 19.3 Å². The second-order valence-corrected chi connectivity index (χ2v) is 6.99. The maximum atomic E-state index is 13.0. The summed E-state index contributed by atoms with van der Waals surface area (Å²) in [5.41, 5.74) is 1.07. The SMILES string of the molecule is CC[C@@H](C)NC(=O)[C@H](Cc1ccc([N+](=O)[O-])cc1)N1C(=O)c2ccccc2C1=O. The first-order valence-electron chi connectivity index (χ1n) is 9.34. The Morgan fingerprint density at radius 2 is 1.62 bits per heavy atom. The van der Waals surface area contributed by atoms with E-state index in [1.807, 2.05) is 13.8 Å². The molecule has 0 fully saturated rings. The van der Waals surface area contributed by atoms with Gasteiger partial charge in [0, 0.05) is 24.6 Å². The van der Waals surface area contributed by atoms with Gasteiger partial charge in [0.1, 0.15) is 6.04 Å². The fraction of sp³-hybridized carbons (Fsp3) is 0.286. The van der Waals surface area contributed by atoms with Gasteiger partial charge in [0.25, 0.3) is 17.5 Å². The second kappa shape index (κ2) is 8.22. The number of carbonyl (C=O) groups is 3. The highest BCUT2D eigenvalue weighted by Crippen LogP contribution is 2.26. The van der Waals surface area contributed by atoms with E-state index in [9.17, 15) is 24.5 Å². The molecule has 29 heavy (non-hydrogen) atoms. The normalized spacial score (nSPS) is 15.0. The number of nitro benzene ring substituents is 1. The highest BCUT2D eigenvalue weighted by Gasteiger charge is 2.42. The number of fused-ring (bicyclic) bond motifs is 1. The third kappa shape index (κ3) is 4.01. The van der Waals surface area contributed by atoms with E-state index in [2.05, 4.69) is 5.32 Å². The van der Waals surface area contributed by atoms with E-state index < -0.39 is 28.7 Å². The number of nitro groups is 1. The molecule has 2 aromatic carbocycles. The summed E-state index contributed by atoms with van der Waals surface area (Å²) in [6, 6.07) is 11.0. The fourth-order valence-electron chi connectivity index (χ4n) is 3.21. The Morgan fingerprint density at radius 1 is 1.07 bits per heavy atom. The van der Waals surface area contributed by atoms with Gasteiger partial charge in [-0.1, -0.05) is 31.2 Å². The quantitative estimate of drug-likeness (QED) is 0.440. The zero-order valence-electron chi connectivity index (χ0n) is 16.1. The van der Waals surface area contributed by atoms with Crippen LogP contribution < -0.4 is 5.32 Å². The molecule has 2 atom stereocenters. The molecule has 0 aliphatic carbocycles. The van der Waals surface area contributed by atoms with Gasteiger partial charge < -0.3 is 5.32 Å². The molecule has 0 radical (unpaired) electrons. The lowest BCUT2D eigenvalue weighted by Gasteiger charge is -2.27. The zero-order chi connectivity index (χ0) is 21.1. The predicted molar refractivity (Wildman–Crippen MR) is 105 cm³/mol. The van der Waals surface area contributed by atoms with Crippen LogP contribution in [0.1, 0.15) is 46.5 Å². The highest BCUT2D eigenvalue weighted by atomic mass is 16.6. The van der Waals surface area contributed by atoms with Crippen molar-refractivity contribution in [2.24, 2.45) is 0 Å². The molecule has 3 amide bonds. The summed E-state index contributed by atoms with van der Waals surface area (Å²) >= 11 is 0. The molecular formula is C21H21N3O5. The van der Waals surface area contributed by atoms with Crippen LogP contribution in [0.5, 0.6) is 0 Å². The Balaban J connectivity index is 1.93. The van der Waals surface area contributed by atoms with Gasteiger partial charge in [-0.25, -0.2) is 0 Å². The van der Waals surface area contributed by atoms with E-state index in [-0.39, 0.29) is 29.3 Å². The summed E-state index contributed by atoms with van der Waals surface area (Å²) in [6.07, 6.45) is 0.754. The van der Waals surface area contributed by atoms with E-state index >= 15 is 0 Å². The number of benzene rings is 2. The van der Waals surface area contributed by atoms with Crippen molar-refractivity contribution >= 4 is 23.4 Å². The molecule has 2 aromatic rings. The minimum atomic E-state index is -1.06. The molecule has 8 nitrogen and oxygen atoms in total. The van der Waals surface area contributed by atoms with E-state index in [0.29, 0.717) is 12.0 Å². The van der Waals surface area contributed by atoms with Crippen molar-refractivity contribution in [3.63, 3.8) is 0 Å². The molecule has 150 valence electrons. The Kier molecular flexibility index (Phi) is 5.72. The summed E-state index contributed by atoms with van der Waals surface area (Å²) in [5.74, 6) is -1.47. The first kappa shape index (κ1) is 20.2. The average Bonchev–Trinajstić information content (AvgIpc) is 2.97. The smallest absolute Gasteiger partial charge is 0.269 e. The van der Waals surface area contributed by atoms with Crippen LogP contribution in [-0.4, -0.2) is 39.6 Å². The monoisotopic (exact) mass is 395 g/mol. The summed E-state index contributed by atoms with van der Waals surface area (Å²) < 4.78 is 0. The number of nitrogens with zero attached hydrogens (tertiary/aromatic N) is 2. The second-order valence-electron chi connectivity index (χ2n) is 6.99. The molecule has 8 heteroatoms. The summed E-state index contributed by atoms with van der Waals surface area (Å²) in [5, 5.41) is 13.7. The maximum absolute atomic E-state index is 13.0. The standard InChI is InChI=1S/C21H21N3O5/c1-3-13(2)22-19(25)18(12-14-8-10-15(11-9-14)24(28)29)23-20(26)16-6-4-5-7-17(16)21(23)27/h4-11,13,18H,3,12H2,1-2H3,(H,22,25)/t13-,18+/m1/s1. The predicted octanol–water partition coefficient (Wildman–Crippen LogP) is 2.72. The molecule has 0 unspecified atom stereocenters. The van der Waals surface area contributed by atoms with Gasteiger partial charge in [-0.2, -0.15) is 0 Å². The Morgan fingerprint density at radius 3 is 2.10 bits per heavy atom. The summed E-state index contributed by atoms with van der Waals surface area (Å²) in [7, 11) is 0. The lowest BCUT2D eigenvalue weighted by atomic mass is 10.0. The number of hydrogen-bond donors (Lipinski definition) is 1. The minimum absolute atomic E-state index is 0.0612. The number of nitrogens with one attached hydrogen (secondary N) is 1. The topological polar surface area (TPSA) is 110 Å². The Hall–Kier alpha value is -3.55. The van der Waals surface area contributed by atoms with Crippen LogP contribution in [0.3, 0.4) is 0 Å². The molecule has 1 heterocycles. The average molecular weight is 395 g/mol. The van der Waals surface area contributed by atoms with Crippen LogP contribution in [0.4, 0.5) is 5.69 Å². The van der Waals surface area contributed by atoms with Crippen molar-refractivity contribution in [2.45, 2.75) is 38.8 Å². The number of carbonyl (C=O) groups excluding carboxylic acids is 3. The van der Waals surface area contributed by atoms with E-state index in [0.717, 1.165) is 4.90 Å². The molecule has 0 saturated carbocycles. The third-order valence-corrected chi connectivity index (χ3v) is 5.02. The van der Waals surface area contributed by atoms with Crippen LogP contribution in [0.2, 0.25) is 0 Å². The Labute approximate surface area is 167 Å². The van der Waals surface area contributed by atoms with Crippen molar-refractivity contribution in [1.82, 2.24) is 10.2 Å². The van der Waals surface area contributed by atoms with Gasteiger partial charge in [-0.15, -0.1) is 0 Å². The molecule has 3 rings (SSSR count). The van der Waals surface area contributed by atoms with Gasteiger partial charge in [-0.3, -0.25) is 29.4 Å². The number of imide groups is 1. The maximum Gasteiger partial charge on any atom is 0.269 e. The van der Waals surface area contributed by atoms with Crippen molar-refractivity contribution in [2.75, 3.05) is 0 Å². The Bertz CT molecular complexity index is 936. The van der Waals surface area contributed by atoms with Gasteiger partial charge in [0.2, 0.25) is 5.91 Å². The first-order valence-corrected chi connectivity index (χ1v) is 9.34. The largest absolute Gasteiger partial charge is 0.352 e. The molecule has 1 aliphatic heterocycles. The van der Waals surface area contributed by atoms with E-state index in [4.69, 9.17) is 0 Å². The first-order chi connectivity index (χ1) is 13.8. The number of rotatable bonds is 7. The van der Waals surface area contributed by atoms with Crippen LogP contribution in [-0.2, 0) is 11.2 Å². The number of hydrogen-bond acceptors (Lipinski definition) is 5. The van der Waals surface area contributed by atoms with Crippen molar-refractivity contribution in [3.8, 4) is 0 Å². The van der Waals surface area contributed by atoms with Gasteiger partial charge in [0.15, 0.2) is 0 Å². The van der Waals surface area contributed by atoms with Crippen LogP contribution in [0.15, 0.2) is 48.5 Å². The molecular weight excluding hydrogens is 374 g/mol. The van der Waals surface area contributed by atoms with Crippen LogP contribution >= 0.6 is 0 Å². The van der Waals surface area contributed by atoms with Crippen molar-refractivity contribution in [1.29, 1.82) is 0 Å². The van der Waals surface area contributed by atoms with E-state index in [1.165, 1.54) is 24.3 Å². The molecule has 0 saturated heterocycles. The van der Waals surface area contributed by atoms with Crippen molar-refractivity contribution in [3.05, 3.63) is 75.3 Å². The number of amides is 3. The summed E-state index contributed by atoms with van der Waals surface area (Å²) in [6.45, 7) is 3.75. The molecule has 0 spiro atoms. The lowest BCUT2D eigenvalue weighted by Crippen LogP contribution is -2.52. The van der Waals surface area contributed by atoms with Crippen LogP contribution in [0.25, 0.3) is 0 Å². The molecule has 0 aromatic heterocycles. The van der Waals surface area contributed by atoms with Gasteiger partial charge in [-0.05, 0) is 31.0 Å². The number of non-ortho nitro benzene ring substituents is 1. The van der Waals surface area contributed by atoms with E-state index in [1.54, 1.807) is 24.3 Å². The summed E-state index contributed by atoms with van der Waals surface area (Å²) in [4.78, 5) is 50.1. The highest BCUT2D eigenvalue weighted by molar-refractivity contribution is 6.22. The molecule has 1 aliphatic rings. The van der Waals surface area contributed by atoms with Gasteiger partial charge >= 0.3 is 0 Å². The molecule has 0 bridgehead atoms. The minimum Gasteiger partial charge on any atom is -0.352 e.